The Bertz CT molecular complexity index is 1030. The minimum absolute atomic E-state index is 0.163. The Morgan fingerprint density at radius 3 is 2.41 bits per heavy atom. The smallest absolute Gasteiger partial charge is 0.337 e. The number of rotatable bonds is 7. The Hall–Kier alpha value is -3.19. The van der Waals surface area contributed by atoms with Gasteiger partial charge in [-0.1, -0.05) is 6.07 Å². The van der Waals surface area contributed by atoms with Crippen molar-refractivity contribution in [3.63, 3.8) is 0 Å². The van der Waals surface area contributed by atoms with E-state index in [1.807, 2.05) is 35.9 Å². The van der Waals surface area contributed by atoms with Crippen LogP contribution >= 0.6 is 11.3 Å². The summed E-state index contributed by atoms with van der Waals surface area (Å²) in [4.78, 5) is 37.0. The third kappa shape index (κ3) is 4.63. The topological polar surface area (TPSA) is 74.6 Å². The zero-order chi connectivity index (χ0) is 21.0. The number of aryl methyl sites for hydroxylation is 1. The highest BCUT2D eigenvalue weighted by Crippen LogP contribution is 2.22. The van der Waals surface area contributed by atoms with E-state index < -0.39 is 11.9 Å². The van der Waals surface area contributed by atoms with E-state index in [4.69, 9.17) is 9.47 Å². The Morgan fingerprint density at radius 1 is 1.07 bits per heavy atom. The normalized spacial score (nSPS) is 10.6. The molecule has 0 bridgehead atoms. The molecule has 0 saturated heterocycles. The molecule has 3 rings (SSSR count). The molecular formula is C22H21NO5S. The minimum atomic E-state index is -0.423. The van der Waals surface area contributed by atoms with Crippen molar-refractivity contribution in [1.82, 2.24) is 4.57 Å². The number of nitrogens with zero attached hydrogens (tertiary/aromatic N) is 1. The molecule has 0 fully saturated rings. The summed E-state index contributed by atoms with van der Waals surface area (Å²) in [5.74, 6) is -1.08. The van der Waals surface area contributed by atoms with Crippen LogP contribution in [-0.4, -0.2) is 36.0 Å². The monoisotopic (exact) mass is 411 g/mol. The van der Waals surface area contributed by atoms with Crippen LogP contribution in [0.4, 0.5) is 0 Å². The number of benzene rings is 1. The second-order valence-corrected chi connectivity index (χ2v) is 7.53. The fourth-order valence-electron chi connectivity index (χ4n) is 3.14. The third-order valence-corrected chi connectivity index (χ3v) is 5.42. The van der Waals surface area contributed by atoms with Crippen molar-refractivity contribution >= 4 is 29.1 Å². The minimum Gasteiger partial charge on any atom is -0.465 e. The maximum Gasteiger partial charge on any atom is 0.337 e. The lowest BCUT2D eigenvalue weighted by Crippen LogP contribution is -2.16. The van der Waals surface area contributed by atoms with Crippen LogP contribution in [0.15, 0.2) is 47.8 Å². The van der Waals surface area contributed by atoms with Crippen LogP contribution in [0.5, 0.6) is 0 Å². The standard InChI is InChI=1S/C22H21NO5S/c1-14-11-19(20(24)13-28-21(25)12-18-5-4-10-29-18)15(2)23(14)17-8-6-16(7-9-17)22(26)27-3/h4-11H,12-13H2,1-3H3. The second kappa shape index (κ2) is 8.87. The molecule has 7 heteroatoms. The van der Waals surface area contributed by atoms with Gasteiger partial charge >= 0.3 is 11.9 Å². The van der Waals surface area contributed by atoms with Gasteiger partial charge in [0.15, 0.2) is 6.61 Å². The summed E-state index contributed by atoms with van der Waals surface area (Å²) in [5.41, 5.74) is 3.38. The van der Waals surface area contributed by atoms with Gasteiger partial charge in [0.1, 0.15) is 0 Å². The number of carbonyl (C=O) groups is 3. The van der Waals surface area contributed by atoms with Crippen LogP contribution in [0.2, 0.25) is 0 Å². The summed E-state index contributed by atoms with van der Waals surface area (Å²) in [6.45, 7) is 3.43. The van der Waals surface area contributed by atoms with Crippen LogP contribution in [0.3, 0.4) is 0 Å². The molecule has 0 aliphatic rings. The molecule has 0 aliphatic carbocycles. The summed E-state index contributed by atoms with van der Waals surface area (Å²) < 4.78 is 11.8. The maximum atomic E-state index is 12.6. The Balaban J connectivity index is 1.72. The van der Waals surface area contributed by atoms with Crippen LogP contribution in [0, 0.1) is 13.8 Å². The predicted octanol–water partition coefficient (Wildman–Crippen LogP) is 3.91. The lowest BCUT2D eigenvalue weighted by Gasteiger charge is -2.10. The Labute approximate surface area is 172 Å². The number of Topliss-reactive ketones (excluding diaryl/α,β-unsaturated/α-hetero) is 1. The second-order valence-electron chi connectivity index (χ2n) is 6.50. The molecule has 0 radical (unpaired) electrons. The highest BCUT2D eigenvalue weighted by Gasteiger charge is 2.18. The first-order valence-electron chi connectivity index (χ1n) is 8.99. The first-order valence-corrected chi connectivity index (χ1v) is 9.87. The number of hydrogen-bond donors (Lipinski definition) is 0. The van der Waals surface area contributed by atoms with Crippen molar-refractivity contribution in [3.8, 4) is 5.69 Å². The number of ether oxygens (including phenoxy) is 2. The first-order chi connectivity index (χ1) is 13.9. The molecule has 29 heavy (non-hydrogen) atoms. The molecule has 0 N–H and O–H groups in total. The van der Waals surface area contributed by atoms with Gasteiger partial charge < -0.3 is 14.0 Å². The summed E-state index contributed by atoms with van der Waals surface area (Å²) in [7, 11) is 1.33. The summed E-state index contributed by atoms with van der Waals surface area (Å²) in [6, 6.07) is 12.4. The number of hydrogen-bond acceptors (Lipinski definition) is 6. The number of thiophene rings is 1. The van der Waals surface area contributed by atoms with Crippen LogP contribution in [0.25, 0.3) is 5.69 Å². The summed E-state index contributed by atoms with van der Waals surface area (Å²) in [6.07, 6.45) is 0.163. The van der Waals surface area contributed by atoms with Gasteiger partial charge in [0.05, 0.1) is 19.1 Å². The van der Waals surface area contributed by atoms with Gasteiger partial charge in [-0.2, -0.15) is 0 Å². The fraction of sp³-hybridized carbons (Fsp3) is 0.227. The quantitative estimate of drug-likeness (QED) is 0.435. The summed E-state index contributed by atoms with van der Waals surface area (Å²) >= 11 is 1.47. The molecule has 0 saturated carbocycles. The molecule has 0 amide bonds. The molecule has 6 nitrogen and oxygen atoms in total. The summed E-state index contributed by atoms with van der Waals surface area (Å²) in [5, 5.41) is 1.89. The molecule has 150 valence electrons. The first kappa shape index (κ1) is 20.5. The number of ketones is 1. The van der Waals surface area contributed by atoms with Gasteiger partial charge in [0.25, 0.3) is 0 Å². The average molecular weight is 411 g/mol. The number of aromatic nitrogens is 1. The molecule has 0 unspecified atom stereocenters. The lowest BCUT2D eigenvalue weighted by atomic mass is 10.1. The molecule has 2 heterocycles. The van der Waals surface area contributed by atoms with E-state index in [-0.39, 0.29) is 18.8 Å². The molecule has 1 aromatic carbocycles. The molecule has 0 spiro atoms. The zero-order valence-corrected chi connectivity index (χ0v) is 17.2. The predicted molar refractivity (Wildman–Crippen MR) is 110 cm³/mol. The van der Waals surface area contributed by atoms with E-state index in [2.05, 4.69) is 0 Å². The molecule has 0 atom stereocenters. The molecule has 0 aliphatic heterocycles. The van der Waals surface area contributed by atoms with Gasteiger partial charge in [0, 0.05) is 27.5 Å². The largest absolute Gasteiger partial charge is 0.465 e. The van der Waals surface area contributed by atoms with Gasteiger partial charge in [0.2, 0.25) is 5.78 Å². The lowest BCUT2D eigenvalue weighted by molar-refractivity contribution is -0.141. The van der Waals surface area contributed by atoms with Crippen molar-refractivity contribution in [1.29, 1.82) is 0 Å². The molecule has 3 aromatic rings. The van der Waals surface area contributed by atoms with Gasteiger partial charge in [-0.25, -0.2) is 4.79 Å². The van der Waals surface area contributed by atoms with E-state index in [1.165, 1.54) is 18.4 Å². The van der Waals surface area contributed by atoms with Crippen molar-refractivity contribution in [2.45, 2.75) is 20.3 Å². The number of esters is 2. The Kier molecular flexibility index (Phi) is 6.29. The van der Waals surface area contributed by atoms with Crippen LogP contribution in [0.1, 0.15) is 37.0 Å². The Morgan fingerprint density at radius 2 is 1.79 bits per heavy atom. The third-order valence-electron chi connectivity index (χ3n) is 4.54. The average Bonchev–Trinajstić information content (AvgIpc) is 3.33. The number of carbonyl (C=O) groups excluding carboxylic acids is 3. The fourth-order valence-corrected chi connectivity index (χ4v) is 3.83. The van der Waals surface area contributed by atoms with Crippen LogP contribution < -0.4 is 0 Å². The zero-order valence-electron chi connectivity index (χ0n) is 16.4. The number of methoxy groups -OCH3 is 1. The van der Waals surface area contributed by atoms with E-state index in [0.29, 0.717) is 11.1 Å². The highest BCUT2D eigenvalue weighted by atomic mass is 32.1. The van der Waals surface area contributed by atoms with Crippen molar-refractivity contribution in [2.75, 3.05) is 13.7 Å². The van der Waals surface area contributed by atoms with E-state index in [1.54, 1.807) is 30.3 Å². The highest BCUT2D eigenvalue weighted by molar-refractivity contribution is 7.10. The van der Waals surface area contributed by atoms with E-state index >= 15 is 0 Å². The van der Waals surface area contributed by atoms with Gasteiger partial charge in [-0.15, -0.1) is 11.3 Å². The maximum absolute atomic E-state index is 12.6. The van der Waals surface area contributed by atoms with Crippen molar-refractivity contribution < 1.29 is 23.9 Å². The van der Waals surface area contributed by atoms with Gasteiger partial charge in [-0.3, -0.25) is 9.59 Å². The van der Waals surface area contributed by atoms with Crippen molar-refractivity contribution in [3.05, 3.63) is 75.2 Å². The van der Waals surface area contributed by atoms with E-state index in [9.17, 15) is 14.4 Å². The van der Waals surface area contributed by atoms with E-state index in [0.717, 1.165) is 22.0 Å². The van der Waals surface area contributed by atoms with Gasteiger partial charge in [-0.05, 0) is 55.6 Å². The van der Waals surface area contributed by atoms with Crippen molar-refractivity contribution in [2.24, 2.45) is 0 Å². The molecular weight excluding hydrogens is 390 g/mol. The SMILES string of the molecule is COC(=O)c1ccc(-n2c(C)cc(C(=O)COC(=O)Cc3cccs3)c2C)cc1. The molecule has 2 aromatic heterocycles. The van der Waals surface area contributed by atoms with Crippen LogP contribution in [-0.2, 0) is 20.7 Å².